The summed E-state index contributed by atoms with van der Waals surface area (Å²) >= 11 is 0. The average molecular weight is 418 g/mol. The number of rotatable bonds is 5. The van der Waals surface area contributed by atoms with Crippen molar-refractivity contribution in [2.75, 3.05) is 18.6 Å². The molecular formula is C21H27N3O4S. The van der Waals surface area contributed by atoms with Crippen molar-refractivity contribution < 1.29 is 17.9 Å². The molecule has 8 heteroatoms. The third-order valence-corrected chi connectivity index (χ3v) is 7.60. The second-order valence-corrected chi connectivity index (χ2v) is 10.2. The molecule has 0 bridgehead atoms. The molecule has 29 heavy (non-hydrogen) atoms. The minimum absolute atomic E-state index is 0.0571. The van der Waals surface area contributed by atoms with Gasteiger partial charge in [0.1, 0.15) is 5.75 Å². The molecule has 0 radical (unpaired) electrons. The first kappa shape index (κ1) is 19.9. The van der Waals surface area contributed by atoms with Gasteiger partial charge in [0.05, 0.1) is 30.4 Å². The number of sulfone groups is 1. The van der Waals surface area contributed by atoms with Crippen LogP contribution in [0.2, 0.25) is 0 Å². The van der Waals surface area contributed by atoms with Gasteiger partial charge < -0.3 is 10.1 Å². The summed E-state index contributed by atoms with van der Waals surface area (Å²) in [5, 5.41) is 7.65. The largest absolute Gasteiger partial charge is 0.497 e. The molecule has 1 saturated carbocycles. The van der Waals surface area contributed by atoms with Gasteiger partial charge in [0.15, 0.2) is 15.5 Å². The molecule has 1 amide bonds. The van der Waals surface area contributed by atoms with Gasteiger partial charge in [0.25, 0.3) is 5.91 Å². The minimum atomic E-state index is -3.07. The van der Waals surface area contributed by atoms with E-state index in [1.807, 2.05) is 24.3 Å². The Morgan fingerprint density at radius 1 is 1.14 bits per heavy atom. The van der Waals surface area contributed by atoms with Crippen LogP contribution >= 0.6 is 0 Å². The van der Waals surface area contributed by atoms with E-state index in [1.54, 1.807) is 17.9 Å². The van der Waals surface area contributed by atoms with Crippen LogP contribution in [-0.4, -0.2) is 48.8 Å². The Kier molecular flexibility index (Phi) is 5.63. The van der Waals surface area contributed by atoms with Crippen LogP contribution in [0.4, 0.5) is 0 Å². The molecule has 7 nitrogen and oxygen atoms in total. The van der Waals surface area contributed by atoms with Crippen LogP contribution in [0.15, 0.2) is 30.3 Å². The van der Waals surface area contributed by atoms with E-state index in [1.165, 1.54) is 6.42 Å². The summed E-state index contributed by atoms with van der Waals surface area (Å²) in [5.41, 5.74) is 1.97. The van der Waals surface area contributed by atoms with E-state index in [2.05, 4.69) is 10.4 Å². The van der Waals surface area contributed by atoms with Crippen molar-refractivity contribution >= 4 is 15.7 Å². The summed E-state index contributed by atoms with van der Waals surface area (Å²) in [6, 6.07) is 9.20. The van der Waals surface area contributed by atoms with Gasteiger partial charge in [-0.05, 0) is 49.6 Å². The first-order valence-electron chi connectivity index (χ1n) is 10.2. The fraction of sp³-hybridized carbons (Fsp3) is 0.524. The van der Waals surface area contributed by atoms with Gasteiger partial charge in [0.2, 0.25) is 0 Å². The van der Waals surface area contributed by atoms with Gasteiger partial charge in [-0.25, -0.2) is 8.42 Å². The van der Waals surface area contributed by atoms with Gasteiger partial charge >= 0.3 is 0 Å². The lowest BCUT2D eigenvalue weighted by atomic mass is 9.95. The van der Waals surface area contributed by atoms with Crippen molar-refractivity contribution in [2.45, 2.75) is 50.6 Å². The van der Waals surface area contributed by atoms with E-state index in [9.17, 15) is 13.2 Å². The highest BCUT2D eigenvalue weighted by atomic mass is 32.2. The van der Waals surface area contributed by atoms with Gasteiger partial charge in [-0.3, -0.25) is 9.48 Å². The molecule has 1 aromatic heterocycles. The molecule has 1 aliphatic heterocycles. The molecule has 4 rings (SSSR count). The molecule has 1 N–H and O–H groups in total. The standard InChI is InChI=1S/C21H27N3O4S/c1-28-18-9-7-15(8-10-18)20-13-19(21(25)22-16-5-3-2-4-6-16)23-24(20)17-11-12-29(26,27)14-17/h7-10,13,16-17H,2-6,11-12,14H2,1H3,(H,22,25). The highest BCUT2D eigenvalue weighted by Crippen LogP contribution is 2.31. The SMILES string of the molecule is COc1ccc(-c2cc(C(=O)NC3CCCCC3)nn2C2CCS(=O)(=O)C2)cc1. The summed E-state index contributed by atoms with van der Waals surface area (Å²) in [6.07, 6.45) is 6.00. The zero-order valence-electron chi connectivity index (χ0n) is 16.6. The second-order valence-electron chi connectivity index (χ2n) is 7.95. The molecule has 2 fully saturated rings. The predicted molar refractivity (Wildman–Crippen MR) is 111 cm³/mol. The summed E-state index contributed by atoms with van der Waals surface area (Å²) < 4.78 is 31.0. The quantitative estimate of drug-likeness (QED) is 0.808. The van der Waals surface area contributed by atoms with Gasteiger partial charge in [-0.1, -0.05) is 19.3 Å². The van der Waals surface area contributed by atoms with Crippen LogP contribution < -0.4 is 10.1 Å². The summed E-state index contributed by atoms with van der Waals surface area (Å²) in [6.45, 7) is 0. The summed E-state index contributed by atoms with van der Waals surface area (Å²) in [4.78, 5) is 12.8. The number of carbonyl (C=O) groups excluding carboxylic acids is 1. The van der Waals surface area contributed by atoms with Crippen molar-refractivity contribution in [3.05, 3.63) is 36.0 Å². The Balaban J connectivity index is 1.65. The number of methoxy groups -OCH3 is 1. The Hall–Kier alpha value is -2.35. The average Bonchev–Trinajstić information content (AvgIpc) is 3.32. The van der Waals surface area contributed by atoms with E-state index < -0.39 is 9.84 Å². The minimum Gasteiger partial charge on any atom is -0.497 e. The van der Waals surface area contributed by atoms with Crippen molar-refractivity contribution in [1.29, 1.82) is 0 Å². The lowest BCUT2D eigenvalue weighted by Gasteiger charge is -2.22. The van der Waals surface area contributed by atoms with Crippen LogP contribution in [0.3, 0.4) is 0 Å². The van der Waals surface area contributed by atoms with Crippen molar-refractivity contribution in [2.24, 2.45) is 0 Å². The van der Waals surface area contributed by atoms with Gasteiger partial charge in [-0.15, -0.1) is 0 Å². The fourth-order valence-electron chi connectivity index (χ4n) is 4.24. The number of nitrogens with one attached hydrogen (secondary N) is 1. The molecule has 2 heterocycles. The highest BCUT2D eigenvalue weighted by Gasteiger charge is 2.32. The Morgan fingerprint density at radius 3 is 2.48 bits per heavy atom. The van der Waals surface area contributed by atoms with Crippen LogP contribution in [0, 0.1) is 0 Å². The molecule has 2 aromatic rings. The zero-order chi connectivity index (χ0) is 20.4. The van der Waals surface area contributed by atoms with E-state index in [0.29, 0.717) is 12.1 Å². The van der Waals surface area contributed by atoms with Crippen molar-refractivity contribution in [1.82, 2.24) is 15.1 Å². The van der Waals surface area contributed by atoms with Crippen LogP contribution in [0.1, 0.15) is 55.1 Å². The molecule has 2 aliphatic rings. The van der Waals surface area contributed by atoms with Gasteiger partial charge in [0, 0.05) is 11.6 Å². The molecule has 1 atom stereocenters. The molecule has 1 aromatic carbocycles. The molecule has 1 aliphatic carbocycles. The first-order valence-corrected chi connectivity index (χ1v) is 12.0. The summed E-state index contributed by atoms with van der Waals surface area (Å²) in [5.74, 6) is 0.759. The number of ether oxygens (including phenoxy) is 1. The second kappa shape index (κ2) is 8.18. The van der Waals surface area contributed by atoms with Crippen molar-refractivity contribution in [3.8, 4) is 17.0 Å². The third kappa shape index (κ3) is 4.47. The maximum absolute atomic E-state index is 12.8. The van der Waals surface area contributed by atoms with Crippen molar-refractivity contribution in [3.63, 3.8) is 0 Å². The number of nitrogens with zero attached hydrogens (tertiary/aromatic N) is 2. The molecule has 0 spiro atoms. The lowest BCUT2D eigenvalue weighted by Crippen LogP contribution is -2.36. The normalized spacial score (nSPS) is 21.8. The smallest absolute Gasteiger partial charge is 0.272 e. The number of benzene rings is 1. The number of amides is 1. The Bertz CT molecular complexity index is 976. The molecule has 1 unspecified atom stereocenters. The van der Waals surface area contributed by atoms with E-state index in [4.69, 9.17) is 4.74 Å². The fourth-order valence-corrected chi connectivity index (χ4v) is 5.93. The first-order chi connectivity index (χ1) is 13.9. The maximum Gasteiger partial charge on any atom is 0.272 e. The molecular weight excluding hydrogens is 390 g/mol. The topological polar surface area (TPSA) is 90.3 Å². The monoisotopic (exact) mass is 417 g/mol. The number of hydrogen-bond donors (Lipinski definition) is 1. The van der Waals surface area contributed by atoms with E-state index in [0.717, 1.165) is 42.7 Å². The Labute approximate surface area is 171 Å². The number of carbonyl (C=O) groups is 1. The zero-order valence-corrected chi connectivity index (χ0v) is 17.5. The van der Waals surface area contributed by atoms with Crippen LogP contribution in [0.5, 0.6) is 5.75 Å². The van der Waals surface area contributed by atoms with E-state index >= 15 is 0 Å². The lowest BCUT2D eigenvalue weighted by molar-refractivity contribution is 0.0921. The predicted octanol–water partition coefficient (Wildman–Crippen LogP) is 2.98. The number of hydrogen-bond acceptors (Lipinski definition) is 5. The molecule has 156 valence electrons. The molecule has 1 saturated heterocycles. The van der Waals surface area contributed by atoms with Gasteiger partial charge in [-0.2, -0.15) is 5.10 Å². The van der Waals surface area contributed by atoms with Crippen LogP contribution in [-0.2, 0) is 9.84 Å². The highest BCUT2D eigenvalue weighted by molar-refractivity contribution is 7.91. The number of aromatic nitrogens is 2. The Morgan fingerprint density at radius 2 is 1.86 bits per heavy atom. The van der Waals surface area contributed by atoms with E-state index in [-0.39, 0.29) is 29.5 Å². The van der Waals surface area contributed by atoms with Crippen LogP contribution in [0.25, 0.3) is 11.3 Å². The summed E-state index contributed by atoms with van der Waals surface area (Å²) in [7, 11) is -1.46. The third-order valence-electron chi connectivity index (χ3n) is 5.85. The maximum atomic E-state index is 12.8.